The van der Waals surface area contributed by atoms with Crippen molar-refractivity contribution in [3.05, 3.63) is 35.6 Å². The molecule has 1 rings (SSSR count). The van der Waals surface area contributed by atoms with Gasteiger partial charge in [-0.05, 0) is 30.9 Å². The molecule has 0 saturated carbocycles. The molecular weight excluding hydrogens is 205 g/mol. The second-order valence-electron chi connectivity index (χ2n) is 3.65. The molecule has 0 saturated heterocycles. The van der Waals surface area contributed by atoms with E-state index >= 15 is 0 Å². The van der Waals surface area contributed by atoms with Gasteiger partial charge in [0.2, 0.25) is 0 Å². The van der Waals surface area contributed by atoms with Crippen molar-refractivity contribution in [2.75, 3.05) is 0 Å². The molecule has 0 bridgehead atoms. The summed E-state index contributed by atoms with van der Waals surface area (Å²) in [7, 11) is 0. The van der Waals surface area contributed by atoms with E-state index in [1.54, 1.807) is 13.0 Å². The second-order valence-corrected chi connectivity index (χ2v) is 3.65. The van der Waals surface area contributed by atoms with E-state index in [-0.39, 0.29) is 11.7 Å². The molecule has 0 N–H and O–H groups in total. The van der Waals surface area contributed by atoms with Gasteiger partial charge >= 0.3 is 6.36 Å². The van der Waals surface area contributed by atoms with Crippen molar-refractivity contribution in [3.63, 3.8) is 0 Å². The maximum absolute atomic E-state index is 12.1. The lowest BCUT2D eigenvalue weighted by atomic mass is 9.88. The highest BCUT2D eigenvalue weighted by Crippen LogP contribution is 2.33. The Morgan fingerprint density at radius 1 is 1.53 bits per heavy atom. The summed E-state index contributed by atoms with van der Waals surface area (Å²) in [6.07, 6.45) is -0.889. The van der Waals surface area contributed by atoms with Crippen molar-refractivity contribution < 1.29 is 17.9 Å². The van der Waals surface area contributed by atoms with Crippen LogP contribution in [0.5, 0.6) is 0 Å². The van der Waals surface area contributed by atoms with Crippen LogP contribution in [-0.4, -0.2) is 6.36 Å². The Morgan fingerprint density at radius 2 is 2.13 bits per heavy atom. The highest BCUT2D eigenvalue weighted by Gasteiger charge is 2.33. The summed E-state index contributed by atoms with van der Waals surface area (Å²) >= 11 is 0. The van der Waals surface area contributed by atoms with Crippen LogP contribution in [0.4, 0.5) is 13.2 Å². The summed E-state index contributed by atoms with van der Waals surface area (Å²) in [5.74, 6) is -0.112. The van der Waals surface area contributed by atoms with Crippen LogP contribution in [0.15, 0.2) is 35.6 Å². The fourth-order valence-corrected chi connectivity index (χ4v) is 1.67. The summed E-state index contributed by atoms with van der Waals surface area (Å²) in [6, 6.07) is 0. The maximum atomic E-state index is 12.1. The Labute approximate surface area is 86.9 Å². The lowest BCUT2D eigenvalue weighted by Gasteiger charge is -2.23. The van der Waals surface area contributed by atoms with E-state index in [0.29, 0.717) is 17.6 Å². The van der Waals surface area contributed by atoms with Gasteiger partial charge in [0.15, 0.2) is 0 Å². The molecule has 0 heterocycles. The normalized spacial score (nSPS) is 21.8. The number of ether oxygens (including phenoxy) is 1. The quantitative estimate of drug-likeness (QED) is 0.681. The molecule has 1 unspecified atom stereocenters. The summed E-state index contributed by atoms with van der Waals surface area (Å²) in [4.78, 5) is 0. The molecule has 1 aliphatic carbocycles. The van der Waals surface area contributed by atoms with Crippen molar-refractivity contribution in [2.24, 2.45) is 5.92 Å². The Kier molecular flexibility index (Phi) is 3.27. The van der Waals surface area contributed by atoms with E-state index in [0.717, 1.165) is 0 Å². The number of hydrogen-bond donors (Lipinski definition) is 0. The molecular formula is C11H13F3O. The van der Waals surface area contributed by atoms with Gasteiger partial charge < -0.3 is 4.74 Å². The molecule has 0 spiro atoms. The van der Waals surface area contributed by atoms with Crippen LogP contribution in [0, 0.1) is 5.92 Å². The van der Waals surface area contributed by atoms with Gasteiger partial charge in [0.05, 0.1) is 0 Å². The van der Waals surface area contributed by atoms with E-state index in [1.807, 2.05) is 6.92 Å². The van der Waals surface area contributed by atoms with Gasteiger partial charge in [-0.3, -0.25) is 0 Å². The van der Waals surface area contributed by atoms with Crippen molar-refractivity contribution >= 4 is 0 Å². The van der Waals surface area contributed by atoms with Crippen molar-refractivity contribution in [1.29, 1.82) is 0 Å². The average molecular weight is 218 g/mol. The molecule has 1 atom stereocenters. The van der Waals surface area contributed by atoms with E-state index < -0.39 is 6.36 Å². The smallest absolute Gasteiger partial charge is 0.405 e. The van der Waals surface area contributed by atoms with Crippen LogP contribution >= 0.6 is 0 Å². The molecule has 0 aliphatic heterocycles. The van der Waals surface area contributed by atoms with Crippen LogP contribution in [-0.2, 0) is 4.74 Å². The monoisotopic (exact) mass is 218 g/mol. The minimum absolute atomic E-state index is 0.0184. The van der Waals surface area contributed by atoms with Crippen LogP contribution in [0.1, 0.15) is 20.3 Å². The maximum Gasteiger partial charge on any atom is 0.573 e. The lowest BCUT2D eigenvalue weighted by molar-refractivity contribution is -0.303. The Bertz CT molecular complexity index is 323. The topological polar surface area (TPSA) is 9.23 Å². The predicted octanol–water partition coefficient (Wildman–Crippen LogP) is 3.95. The van der Waals surface area contributed by atoms with E-state index in [2.05, 4.69) is 11.3 Å². The average Bonchev–Trinajstić information content (AvgIpc) is 1.99. The Hall–Kier alpha value is -1.19. The van der Waals surface area contributed by atoms with Gasteiger partial charge in [-0.2, -0.15) is 0 Å². The first kappa shape index (κ1) is 11.9. The fourth-order valence-electron chi connectivity index (χ4n) is 1.67. The highest BCUT2D eigenvalue weighted by atomic mass is 19.4. The van der Waals surface area contributed by atoms with Crippen LogP contribution in [0.25, 0.3) is 0 Å². The van der Waals surface area contributed by atoms with Crippen LogP contribution in [0.3, 0.4) is 0 Å². The number of rotatable bonds is 2. The first-order valence-electron chi connectivity index (χ1n) is 4.63. The highest BCUT2D eigenvalue weighted by molar-refractivity contribution is 5.39. The van der Waals surface area contributed by atoms with E-state index in [1.165, 1.54) is 6.08 Å². The first-order chi connectivity index (χ1) is 6.81. The minimum atomic E-state index is -4.64. The van der Waals surface area contributed by atoms with E-state index in [4.69, 9.17) is 0 Å². The third-order valence-corrected chi connectivity index (χ3v) is 2.20. The van der Waals surface area contributed by atoms with Crippen molar-refractivity contribution in [2.45, 2.75) is 26.6 Å². The standard InChI is InChI=1S/C11H13F3O/c1-7(2)10-8(3)5-4-6-9(10)15-11(12,13)14/h4,6,8H,1,5H2,2-3H3. The molecule has 0 amide bonds. The largest absolute Gasteiger partial charge is 0.573 e. The lowest BCUT2D eigenvalue weighted by Crippen LogP contribution is -2.17. The van der Waals surface area contributed by atoms with Crippen molar-refractivity contribution in [3.8, 4) is 0 Å². The number of hydrogen-bond acceptors (Lipinski definition) is 1. The summed E-state index contributed by atoms with van der Waals surface area (Å²) in [5.41, 5.74) is 1.17. The summed E-state index contributed by atoms with van der Waals surface area (Å²) in [6.45, 7) is 7.21. The predicted molar refractivity (Wildman–Crippen MR) is 51.9 cm³/mol. The SMILES string of the molecule is C=C(C)C1=C(OC(F)(F)F)C=CCC1C. The molecule has 1 nitrogen and oxygen atoms in total. The molecule has 0 aromatic carbocycles. The number of allylic oxidation sites excluding steroid dienone is 4. The molecule has 0 aromatic rings. The second kappa shape index (κ2) is 4.13. The van der Waals surface area contributed by atoms with Gasteiger partial charge in [-0.15, -0.1) is 13.2 Å². The summed E-state index contributed by atoms with van der Waals surface area (Å²) in [5, 5.41) is 0. The molecule has 0 fully saturated rings. The molecule has 0 radical (unpaired) electrons. The van der Waals surface area contributed by atoms with Crippen LogP contribution in [0.2, 0.25) is 0 Å². The third-order valence-electron chi connectivity index (χ3n) is 2.20. The van der Waals surface area contributed by atoms with Gasteiger partial charge in [0.25, 0.3) is 0 Å². The van der Waals surface area contributed by atoms with Crippen LogP contribution < -0.4 is 0 Å². The Balaban J connectivity index is 3.03. The zero-order chi connectivity index (χ0) is 11.6. The molecule has 84 valence electrons. The zero-order valence-corrected chi connectivity index (χ0v) is 8.69. The van der Waals surface area contributed by atoms with Gasteiger partial charge in [0, 0.05) is 0 Å². The fraction of sp³-hybridized carbons (Fsp3) is 0.455. The molecule has 4 heteroatoms. The van der Waals surface area contributed by atoms with E-state index in [9.17, 15) is 13.2 Å². The third kappa shape index (κ3) is 3.15. The molecule has 0 aromatic heterocycles. The van der Waals surface area contributed by atoms with Gasteiger partial charge in [-0.1, -0.05) is 25.2 Å². The van der Waals surface area contributed by atoms with Crippen molar-refractivity contribution in [1.82, 2.24) is 0 Å². The molecule has 15 heavy (non-hydrogen) atoms. The minimum Gasteiger partial charge on any atom is -0.405 e. The first-order valence-corrected chi connectivity index (χ1v) is 4.63. The van der Waals surface area contributed by atoms with Gasteiger partial charge in [0.1, 0.15) is 5.76 Å². The number of alkyl halides is 3. The molecule has 1 aliphatic rings. The zero-order valence-electron chi connectivity index (χ0n) is 8.69. The summed E-state index contributed by atoms with van der Waals surface area (Å²) < 4.78 is 40.2. The number of halogens is 3. The Morgan fingerprint density at radius 3 is 2.60 bits per heavy atom. The van der Waals surface area contributed by atoms with Gasteiger partial charge in [-0.25, -0.2) is 0 Å².